The molecule has 1 aliphatic rings. The van der Waals surface area contributed by atoms with Crippen molar-refractivity contribution in [2.24, 2.45) is 0 Å². The van der Waals surface area contributed by atoms with Gasteiger partial charge in [-0.1, -0.05) is 0 Å². The number of nitrogen functional groups attached to an aromatic ring is 1. The average Bonchev–Trinajstić information content (AvgIpc) is 3.01. The van der Waals surface area contributed by atoms with Crippen LogP contribution in [0.5, 0.6) is 11.5 Å². The Morgan fingerprint density at radius 2 is 2.17 bits per heavy atom. The Morgan fingerprint density at radius 1 is 1.28 bits per heavy atom. The van der Waals surface area contributed by atoms with Gasteiger partial charge in [0.25, 0.3) is 0 Å². The molecule has 0 aliphatic carbocycles. The molecule has 0 amide bonds. The second-order valence-corrected chi connectivity index (χ2v) is 4.84. The molecule has 2 N–H and O–H groups in total. The van der Waals surface area contributed by atoms with Gasteiger partial charge in [-0.3, -0.25) is 4.40 Å². The van der Waals surface area contributed by atoms with Crippen LogP contribution < -0.4 is 15.2 Å². The first kappa shape index (κ1) is 9.78. The van der Waals surface area contributed by atoms with E-state index >= 15 is 0 Å². The van der Waals surface area contributed by atoms with E-state index in [9.17, 15) is 0 Å². The number of nitrogens with zero attached hydrogens (tertiary/aromatic N) is 2. The zero-order chi connectivity index (χ0) is 12.1. The third kappa shape index (κ3) is 1.29. The molecule has 1 aliphatic heterocycles. The van der Waals surface area contributed by atoms with E-state index in [-0.39, 0.29) is 6.79 Å². The fourth-order valence-corrected chi connectivity index (χ4v) is 2.95. The van der Waals surface area contributed by atoms with E-state index in [1.54, 1.807) is 11.3 Å². The molecule has 3 heterocycles. The summed E-state index contributed by atoms with van der Waals surface area (Å²) in [4.78, 5) is 5.12. The van der Waals surface area contributed by atoms with Crippen molar-refractivity contribution in [3.05, 3.63) is 29.8 Å². The van der Waals surface area contributed by atoms with Crippen molar-refractivity contribution in [1.82, 2.24) is 9.38 Å². The second kappa shape index (κ2) is 3.39. The summed E-state index contributed by atoms with van der Waals surface area (Å²) in [6.07, 6.45) is 1.83. The zero-order valence-electron chi connectivity index (χ0n) is 9.29. The van der Waals surface area contributed by atoms with Gasteiger partial charge in [0.15, 0.2) is 16.5 Å². The number of imidazole rings is 1. The van der Waals surface area contributed by atoms with Crippen LogP contribution in [-0.2, 0) is 0 Å². The maximum Gasteiger partial charge on any atom is 0.231 e. The maximum atomic E-state index is 5.70. The topological polar surface area (TPSA) is 61.8 Å². The highest BCUT2D eigenvalue weighted by Gasteiger charge is 2.15. The summed E-state index contributed by atoms with van der Waals surface area (Å²) in [5, 5.41) is 2.05. The monoisotopic (exact) mass is 259 g/mol. The van der Waals surface area contributed by atoms with Crippen LogP contribution in [0.2, 0.25) is 0 Å². The van der Waals surface area contributed by atoms with E-state index in [0.29, 0.717) is 5.82 Å². The van der Waals surface area contributed by atoms with Crippen LogP contribution in [0, 0.1) is 0 Å². The molecule has 3 aromatic rings. The number of nitrogens with two attached hydrogens (primary N) is 1. The number of benzene rings is 1. The Balaban J connectivity index is 1.91. The molecule has 1 aromatic carbocycles. The molecule has 5 nitrogen and oxygen atoms in total. The van der Waals surface area contributed by atoms with Crippen LogP contribution in [0.15, 0.2) is 29.8 Å². The van der Waals surface area contributed by atoms with Crippen LogP contribution in [0.3, 0.4) is 0 Å². The van der Waals surface area contributed by atoms with Gasteiger partial charge in [-0.2, -0.15) is 0 Å². The first-order valence-electron chi connectivity index (χ1n) is 5.43. The first-order valence-corrected chi connectivity index (χ1v) is 6.31. The molecule has 0 saturated carbocycles. The lowest BCUT2D eigenvalue weighted by Crippen LogP contribution is -1.92. The summed E-state index contributed by atoms with van der Waals surface area (Å²) in [6, 6.07) is 5.90. The van der Waals surface area contributed by atoms with Gasteiger partial charge in [-0.15, -0.1) is 11.3 Å². The van der Waals surface area contributed by atoms with E-state index in [2.05, 4.69) is 10.4 Å². The number of anilines is 1. The van der Waals surface area contributed by atoms with Crippen molar-refractivity contribution in [1.29, 1.82) is 0 Å². The lowest BCUT2D eigenvalue weighted by Gasteiger charge is -2.01. The Labute approximate surface area is 106 Å². The van der Waals surface area contributed by atoms with Gasteiger partial charge in [0, 0.05) is 10.9 Å². The van der Waals surface area contributed by atoms with E-state index in [1.807, 2.05) is 28.8 Å². The Kier molecular flexibility index (Phi) is 1.84. The predicted molar refractivity (Wildman–Crippen MR) is 69.0 cm³/mol. The Morgan fingerprint density at radius 3 is 3.11 bits per heavy atom. The minimum atomic E-state index is 0.288. The molecule has 0 fully saturated rings. The standard InChI is InChI=1S/C12H9N3O2S/c13-11-4-15-8(5-18-12(15)14-11)7-1-2-9-10(3-7)17-6-16-9/h1-5H,6,13H2. The fraction of sp³-hybridized carbons (Fsp3) is 0.0833. The van der Waals surface area contributed by atoms with E-state index in [0.717, 1.165) is 27.7 Å². The fourth-order valence-electron chi connectivity index (χ4n) is 2.06. The van der Waals surface area contributed by atoms with Crippen molar-refractivity contribution in [2.45, 2.75) is 0 Å². The van der Waals surface area contributed by atoms with Crippen molar-refractivity contribution in [3.63, 3.8) is 0 Å². The molecule has 0 radical (unpaired) electrons. The van der Waals surface area contributed by atoms with E-state index in [4.69, 9.17) is 15.2 Å². The normalized spacial score (nSPS) is 13.3. The third-order valence-electron chi connectivity index (χ3n) is 2.90. The number of hydrogen-bond acceptors (Lipinski definition) is 5. The molecule has 0 bridgehead atoms. The molecule has 90 valence electrons. The van der Waals surface area contributed by atoms with Crippen molar-refractivity contribution in [2.75, 3.05) is 12.5 Å². The lowest BCUT2D eigenvalue weighted by atomic mass is 10.1. The number of ether oxygens (including phenoxy) is 2. The molecule has 4 rings (SSSR count). The molecule has 18 heavy (non-hydrogen) atoms. The van der Waals surface area contributed by atoms with Gasteiger partial charge < -0.3 is 15.2 Å². The van der Waals surface area contributed by atoms with Crippen molar-refractivity contribution >= 4 is 22.1 Å². The Bertz CT molecular complexity index is 747. The van der Waals surface area contributed by atoms with Gasteiger partial charge in [0.05, 0.1) is 11.9 Å². The lowest BCUT2D eigenvalue weighted by molar-refractivity contribution is 0.174. The number of fused-ring (bicyclic) bond motifs is 2. The predicted octanol–water partition coefficient (Wildman–Crippen LogP) is 2.37. The molecular formula is C12H9N3O2S. The molecule has 0 saturated heterocycles. The molecular weight excluding hydrogens is 250 g/mol. The van der Waals surface area contributed by atoms with Crippen LogP contribution in [0.25, 0.3) is 16.2 Å². The summed E-state index contributed by atoms with van der Waals surface area (Å²) in [7, 11) is 0. The highest BCUT2D eigenvalue weighted by atomic mass is 32.1. The van der Waals surface area contributed by atoms with Gasteiger partial charge in [0.2, 0.25) is 6.79 Å². The summed E-state index contributed by atoms with van der Waals surface area (Å²) in [5.41, 5.74) is 7.81. The average molecular weight is 259 g/mol. The number of hydrogen-bond donors (Lipinski definition) is 1. The zero-order valence-corrected chi connectivity index (χ0v) is 10.1. The van der Waals surface area contributed by atoms with Crippen LogP contribution in [0.4, 0.5) is 5.82 Å². The minimum absolute atomic E-state index is 0.288. The molecule has 0 spiro atoms. The third-order valence-corrected chi connectivity index (χ3v) is 3.74. The highest BCUT2D eigenvalue weighted by molar-refractivity contribution is 7.15. The summed E-state index contributed by atoms with van der Waals surface area (Å²) < 4.78 is 12.7. The van der Waals surface area contributed by atoms with Gasteiger partial charge >= 0.3 is 0 Å². The summed E-state index contributed by atoms with van der Waals surface area (Å²) >= 11 is 1.56. The SMILES string of the molecule is Nc1cn2c(-c3ccc4c(c3)OCO4)csc2n1. The van der Waals surface area contributed by atoms with Crippen molar-refractivity contribution < 1.29 is 9.47 Å². The number of aromatic nitrogens is 2. The minimum Gasteiger partial charge on any atom is -0.454 e. The molecule has 6 heteroatoms. The highest BCUT2D eigenvalue weighted by Crippen LogP contribution is 2.37. The molecule has 0 unspecified atom stereocenters. The molecule has 0 atom stereocenters. The van der Waals surface area contributed by atoms with Crippen LogP contribution >= 0.6 is 11.3 Å². The van der Waals surface area contributed by atoms with Gasteiger partial charge in [-0.05, 0) is 18.2 Å². The summed E-state index contributed by atoms with van der Waals surface area (Å²) in [5.74, 6) is 2.10. The summed E-state index contributed by atoms with van der Waals surface area (Å²) in [6.45, 7) is 0.288. The van der Waals surface area contributed by atoms with Gasteiger partial charge in [-0.25, -0.2) is 4.98 Å². The maximum absolute atomic E-state index is 5.70. The second-order valence-electron chi connectivity index (χ2n) is 4.01. The quantitative estimate of drug-likeness (QED) is 0.728. The number of thiazole rings is 1. The smallest absolute Gasteiger partial charge is 0.231 e. The Hall–Kier alpha value is -2.21. The first-order chi connectivity index (χ1) is 8.81. The largest absolute Gasteiger partial charge is 0.454 e. The molecule has 2 aromatic heterocycles. The van der Waals surface area contributed by atoms with E-state index < -0.39 is 0 Å². The van der Waals surface area contributed by atoms with Crippen molar-refractivity contribution in [3.8, 4) is 22.8 Å². The van der Waals surface area contributed by atoms with E-state index in [1.165, 1.54) is 0 Å². The number of rotatable bonds is 1. The van der Waals surface area contributed by atoms with Crippen LogP contribution in [-0.4, -0.2) is 16.2 Å². The van der Waals surface area contributed by atoms with Gasteiger partial charge in [0.1, 0.15) is 5.82 Å². The van der Waals surface area contributed by atoms with Crippen LogP contribution in [0.1, 0.15) is 0 Å².